The molecule has 30 heavy (non-hydrogen) atoms. The number of imide groups is 1. The van der Waals surface area contributed by atoms with Gasteiger partial charge in [0.2, 0.25) is 11.8 Å². The van der Waals surface area contributed by atoms with Gasteiger partial charge in [-0.1, -0.05) is 29.8 Å². The number of halogens is 1. The van der Waals surface area contributed by atoms with Crippen molar-refractivity contribution in [2.24, 2.45) is 0 Å². The van der Waals surface area contributed by atoms with Crippen molar-refractivity contribution >= 4 is 23.5 Å². The van der Waals surface area contributed by atoms with Gasteiger partial charge in [0.25, 0.3) is 5.91 Å². The molecule has 3 amide bonds. The van der Waals surface area contributed by atoms with Crippen molar-refractivity contribution in [1.29, 1.82) is 0 Å². The van der Waals surface area contributed by atoms with Gasteiger partial charge in [0.15, 0.2) is 0 Å². The number of nitrogens with zero attached hydrogens (tertiary/aromatic N) is 3. The fraction of sp³-hybridized carbons (Fsp3) is 0.273. The predicted molar refractivity (Wildman–Crippen MR) is 110 cm³/mol. The number of carbonyl (C=O) groups excluding carboxylic acids is 2. The Morgan fingerprint density at radius 2 is 1.87 bits per heavy atom. The van der Waals surface area contributed by atoms with Crippen LogP contribution in [0.15, 0.2) is 46.9 Å². The van der Waals surface area contributed by atoms with E-state index in [2.05, 4.69) is 21.6 Å². The first-order chi connectivity index (χ1) is 14.4. The predicted octanol–water partition coefficient (Wildman–Crippen LogP) is 3.85. The second kappa shape index (κ2) is 6.95. The molecule has 1 aliphatic carbocycles. The lowest BCUT2D eigenvalue weighted by Crippen LogP contribution is -2.41. The zero-order valence-electron chi connectivity index (χ0n) is 16.3. The molecule has 7 nitrogen and oxygen atoms in total. The number of nitrogens with one attached hydrogen (secondary N) is 1. The molecule has 0 saturated carbocycles. The van der Waals surface area contributed by atoms with Gasteiger partial charge >= 0.3 is 6.03 Å². The highest BCUT2D eigenvalue weighted by atomic mass is 35.5. The lowest BCUT2D eigenvalue weighted by molar-refractivity contribution is -0.131. The van der Waals surface area contributed by atoms with Gasteiger partial charge in [-0.2, -0.15) is 0 Å². The van der Waals surface area contributed by atoms with Gasteiger partial charge in [0, 0.05) is 10.6 Å². The Morgan fingerprint density at radius 3 is 2.67 bits per heavy atom. The van der Waals surface area contributed by atoms with Crippen molar-refractivity contribution in [2.75, 3.05) is 0 Å². The molecule has 1 atom stereocenters. The molecule has 2 heterocycles. The second-order valence-corrected chi connectivity index (χ2v) is 8.23. The van der Waals surface area contributed by atoms with Gasteiger partial charge in [0.05, 0.1) is 0 Å². The molecule has 1 fully saturated rings. The highest BCUT2D eigenvalue weighted by Gasteiger charge is 2.49. The van der Waals surface area contributed by atoms with E-state index in [1.54, 1.807) is 31.2 Å². The maximum Gasteiger partial charge on any atom is 0.325 e. The fourth-order valence-corrected chi connectivity index (χ4v) is 4.21. The summed E-state index contributed by atoms with van der Waals surface area (Å²) in [6.07, 6.45) is 3.18. The van der Waals surface area contributed by atoms with E-state index in [1.807, 2.05) is 12.1 Å². The van der Waals surface area contributed by atoms with Crippen LogP contribution in [0.5, 0.6) is 0 Å². The van der Waals surface area contributed by atoms with E-state index >= 15 is 0 Å². The van der Waals surface area contributed by atoms with E-state index in [0.29, 0.717) is 16.5 Å². The molecular weight excluding hydrogens is 404 g/mol. The van der Waals surface area contributed by atoms with E-state index in [1.165, 1.54) is 11.1 Å². The van der Waals surface area contributed by atoms with Gasteiger partial charge in [-0.05, 0) is 67.1 Å². The zero-order chi connectivity index (χ0) is 20.9. The monoisotopic (exact) mass is 422 g/mol. The SMILES string of the molecule is C[C@@]1(c2ccc3c(c2)CCC3)NC(=O)N(Cc2nnc(-c3ccc(Cl)cc3)o2)C1=O. The smallest absolute Gasteiger partial charge is 0.325 e. The maximum atomic E-state index is 13.2. The van der Waals surface area contributed by atoms with Crippen LogP contribution in [0.4, 0.5) is 4.79 Å². The van der Waals surface area contributed by atoms with E-state index < -0.39 is 11.6 Å². The number of fused-ring (bicyclic) bond motifs is 1. The highest BCUT2D eigenvalue weighted by molar-refractivity contribution is 6.30. The third kappa shape index (κ3) is 3.06. The molecule has 1 N–H and O–H groups in total. The quantitative estimate of drug-likeness (QED) is 0.645. The Morgan fingerprint density at radius 1 is 1.10 bits per heavy atom. The zero-order valence-corrected chi connectivity index (χ0v) is 17.1. The topological polar surface area (TPSA) is 88.3 Å². The van der Waals surface area contributed by atoms with Crippen LogP contribution in [0.25, 0.3) is 11.5 Å². The Balaban J connectivity index is 1.38. The first-order valence-corrected chi connectivity index (χ1v) is 10.2. The molecule has 2 aliphatic rings. The highest BCUT2D eigenvalue weighted by Crippen LogP contribution is 2.33. The molecule has 0 bridgehead atoms. The number of hydrogen-bond donors (Lipinski definition) is 1. The number of carbonyl (C=O) groups is 2. The molecule has 0 unspecified atom stereocenters. The summed E-state index contributed by atoms with van der Waals surface area (Å²) >= 11 is 5.90. The lowest BCUT2D eigenvalue weighted by Gasteiger charge is -2.23. The number of rotatable bonds is 4. The van der Waals surface area contributed by atoms with Crippen molar-refractivity contribution in [3.63, 3.8) is 0 Å². The summed E-state index contributed by atoms with van der Waals surface area (Å²) in [4.78, 5) is 26.9. The Kier molecular flexibility index (Phi) is 4.36. The van der Waals surface area contributed by atoms with Gasteiger partial charge in [-0.3, -0.25) is 9.69 Å². The number of aromatic nitrogens is 2. The first kappa shape index (κ1) is 18.8. The molecule has 0 spiro atoms. The first-order valence-electron chi connectivity index (χ1n) is 9.79. The average molecular weight is 423 g/mol. The van der Waals surface area contributed by atoms with Crippen LogP contribution in [-0.4, -0.2) is 27.0 Å². The van der Waals surface area contributed by atoms with Gasteiger partial charge in [-0.15, -0.1) is 10.2 Å². The van der Waals surface area contributed by atoms with Gasteiger partial charge in [-0.25, -0.2) is 4.79 Å². The molecule has 3 aromatic rings. The molecule has 2 aromatic carbocycles. The summed E-state index contributed by atoms with van der Waals surface area (Å²) in [5.74, 6) is 0.147. The number of benzene rings is 2. The van der Waals surface area contributed by atoms with E-state index in [-0.39, 0.29) is 18.3 Å². The maximum absolute atomic E-state index is 13.2. The van der Waals surface area contributed by atoms with Crippen molar-refractivity contribution in [3.8, 4) is 11.5 Å². The minimum atomic E-state index is -1.12. The standard InChI is InChI=1S/C22H19ClN4O3/c1-22(16-8-5-13-3-2-4-15(13)11-16)20(28)27(21(29)24-22)12-18-25-26-19(30-18)14-6-9-17(23)10-7-14/h5-11H,2-4,12H2,1H3,(H,24,29)/t22-/m0/s1. The Hall–Kier alpha value is -3.19. The Labute approximate surface area is 178 Å². The Bertz CT molecular complexity index is 1160. The summed E-state index contributed by atoms with van der Waals surface area (Å²) < 4.78 is 5.66. The normalized spacial score (nSPS) is 20.5. The minimum absolute atomic E-state index is 0.0915. The number of hydrogen-bond acceptors (Lipinski definition) is 5. The van der Waals surface area contributed by atoms with E-state index in [9.17, 15) is 9.59 Å². The van der Waals surface area contributed by atoms with Crippen LogP contribution in [0, 0.1) is 0 Å². The van der Waals surface area contributed by atoms with Gasteiger partial charge < -0.3 is 9.73 Å². The summed E-state index contributed by atoms with van der Waals surface area (Å²) in [7, 11) is 0. The molecular formula is C22H19ClN4O3. The van der Waals surface area contributed by atoms with Crippen molar-refractivity contribution in [1.82, 2.24) is 20.4 Å². The third-order valence-corrected chi connectivity index (χ3v) is 6.05. The molecule has 8 heteroatoms. The molecule has 0 radical (unpaired) electrons. The second-order valence-electron chi connectivity index (χ2n) is 7.79. The summed E-state index contributed by atoms with van der Waals surface area (Å²) in [6.45, 7) is 1.64. The van der Waals surface area contributed by atoms with Crippen LogP contribution in [0.2, 0.25) is 5.02 Å². The number of aryl methyl sites for hydroxylation is 2. The van der Waals surface area contributed by atoms with E-state index in [4.69, 9.17) is 16.0 Å². The van der Waals surface area contributed by atoms with Crippen LogP contribution in [0.1, 0.15) is 35.9 Å². The fourth-order valence-electron chi connectivity index (χ4n) is 4.08. The molecule has 152 valence electrons. The molecule has 1 aliphatic heterocycles. The third-order valence-electron chi connectivity index (χ3n) is 5.80. The largest absolute Gasteiger partial charge is 0.419 e. The van der Waals surface area contributed by atoms with Crippen LogP contribution in [0.3, 0.4) is 0 Å². The van der Waals surface area contributed by atoms with Gasteiger partial charge in [0.1, 0.15) is 12.1 Å². The van der Waals surface area contributed by atoms with Crippen molar-refractivity contribution in [2.45, 2.75) is 38.3 Å². The minimum Gasteiger partial charge on any atom is -0.419 e. The average Bonchev–Trinajstić information content (AvgIpc) is 3.44. The van der Waals surface area contributed by atoms with Crippen molar-refractivity contribution in [3.05, 3.63) is 70.1 Å². The van der Waals surface area contributed by atoms with E-state index in [0.717, 1.165) is 29.7 Å². The number of urea groups is 1. The summed E-state index contributed by atoms with van der Waals surface area (Å²) in [6, 6.07) is 12.5. The summed E-state index contributed by atoms with van der Waals surface area (Å²) in [5, 5.41) is 11.4. The van der Waals surface area contributed by atoms with Crippen LogP contribution < -0.4 is 5.32 Å². The van der Waals surface area contributed by atoms with Crippen molar-refractivity contribution < 1.29 is 14.0 Å². The molecule has 5 rings (SSSR count). The lowest BCUT2D eigenvalue weighted by atomic mass is 9.90. The summed E-state index contributed by atoms with van der Waals surface area (Å²) in [5.41, 5.74) is 2.94. The number of amides is 3. The molecule has 1 aromatic heterocycles. The van der Waals surface area contributed by atoms with Crippen LogP contribution in [-0.2, 0) is 29.7 Å². The van der Waals surface area contributed by atoms with Crippen LogP contribution >= 0.6 is 11.6 Å². The molecule has 1 saturated heterocycles.